The van der Waals surface area contributed by atoms with Gasteiger partial charge < -0.3 is 14.2 Å². The van der Waals surface area contributed by atoms with Crippen LogP contribution in [0.5, 0.6) is 11.5 Å². The summed E-state index contributed by atoms with van der Waals surface area (Å²) in [6.45, 7) is 6.00. The lowest BCUT2D eigenvalue weighted by molar-refractivity contribution is -0.111. The molecule has 1 fully saturated rings. The van der Waals surface area contributed by atoms with Gasteiger partial charge in [-0.3, -0.25) is 10.1 Å². The van der Waals surface area contributed by atoms with E-state index in [2.05, 4.69) is 22.4 Å². The van der Waals surface area contributed by atoms with Crippen molar-refractivity contribution in [3.63, 3.8) is 0 Å². The van der Waals surface area contributed by atoms with Gasteiger partial charge in [-0.2, -0.15) is 0 Å². The van der Waals surface area contributed by atoms with Gasteiger partial charge in [0.15, 0.2) is 11.5 Å². The molecule has 8 heteroatoms. The van der Waals surface area contributed by atoms with E-state index in [0.717, 1.165) is 48.6 Å². The third-order valence-electron chi connectivity index (χ3n) is 4.33. The van der Waals surface area contributed by atoms with Crippen molar-refractivity contribution in [2.75, 3.05) is 25.1 Å². The number of rotatable bonds is 10. The molecule has 29 heavy (non-hydrogen) atoms. The van der Waals surface area contributed by atoms with Crippen molar-refractivity contribution in [2.45, 2.75) is 45.6 Å². The lowest BCUT2D eigenvalue weighted by Crippen LogP contribution is -2.07. The van der Waals surface area contributed by atoms with E-state index in [1.165, 1.54) is 17.4 Å². The Hall–Kier alpha value is -2.45. The molecule has 2 heterocycles. The minimum atomic E-state index is -0.263. The monoisotopic (exact) mass is 417 g/mol. The molecular weight excluding hydrogens is 390 g/mol. The Labute approximate surface area is 175 Å². The first kappa shape index (κ1) is 21.3. The highest BCUT2D eigenvalue weighted by atomic mass is 32.1. The number of anilines is 1. The van der Waals surface area contributed by atoms with Crippen molar-refractivity contribution in [1.82, 2.24) is 10.2 Å². The van der Waals surface area contributed by atoms with Crippen molar-refractivity contribution in [1.29, 1.82) is 0 Å². The first-order valence-corrected chi connectivity index (χ1v) is 10.8. The number of aromatic nitrogens is 2. The average molecular weight is 418 g/mol. The van der Waals surface area contributed by atoms with Crippen LogP contribution in [0, 0.1) is 0 Å². The van der Waals surface area contributed by atoms with E-state index in [9.17, 15) is 4.79 Å². The number of nitrogens with one attached hydrogen (secondary N) is 1. The number of nitrogens with zero attached hydrogens (tertiary/aromatic N) is 2. The highest BCUT2D eigenvalue weighted by molar-refractivity contribution is 7.15. The molecule has 1 N–H and O–H groups in total. The van der Waals surface area contributed by atoms with Crippen molar-refractivity contribution in [2.24, 2.45) is 0 Å². The summed E-state index contributed by atoms with van der Waals surface area (Å²) >= 11 is 1.35. The zero-order valence-corrected chi connectivity index (χ0v) is 17.7. The Morgan fingerprint density at radius 3 is 2.97 bits per heavy atom. The molecular formula is C21H27N3O4S. The van der Waals surface area contributed by atoms with E-state index in [1.807, 2.05) is 25.1 Å². The molecule has 1 atom stereocenters. The van der Waals surface area contributed by atoms with Gasteiger partial charge >= 0.3 is 0 Å². The normalized spacial score (nSPS) is 16.3. The van der Waals surface area contributed by atoms with Gasteiger partial charge in [0.1, 0.15) is 11.1 Å². The van der Waals surface area contributed by atoms with Gasteiger partial charge in [0, 0.05) is 12.7 Å². The van der Waals surface area contributed by atoms with Crippen LogP contribution in [0.1, 0.15) is 56.2 Å². The second-order valence-electron chi connectivity index (χ2n) is 6.61. The maximum absolute atomic E-state index is 12.2. The maximum Gasteiger partial charge on any atom is 0.250 e. The van der Waals surface area contributed by atoms with Crippen LogP contribution in [-0.4, -0.2) is 35.9 Å². The molecule has 1 aliphatic rings. The van der Waals surface area contributed by atoms with E-state index >= 15 is 0 Å². The van der Waals surface area contributed by atoms with Gasteiger partial charge in [0.2, 0.25) is 11.0 Å². The van der Waals surface area contributed by atoms with Crippen LogP contribution in [0.25, 0.3) is 6.08 Å². The Morgan fingerprint density at radius 2 is 2.21 bits per heavy atom. The van der Waals surface area contributed by atoms with Gasteiger partial charge in [-0.25, -0.2) is 0 Å². The molecule has 1 amide bonds. The van der Waals surface area contributed by atoms with Crippen LogP contribution in [-0.2, 0) is 9.53 Å². The van der Waals surface area contributed by atoms with Gasteiger partial charge in [0.05, 0.1) is 13.2 Å². The first-order valence-electron chi connectivity index (χ1n) is 10.0. The van der Waals surface area contributed by atoms with Gasteiger partial charge in [0.25, 0.3) is 0 Å². The first-order chi connectivity index (χ1) is 14.2. The molecule has 1 aliphatic heterocycles. The highest BCUT2D eigenvalue weighted by Crippen LogP contribution is 2.32. The minimum absolute atomic E-state index is 0.00346. The zero-order valence-electron chi connectivity index (χ0n) is 16.8. The second kappa shape index (κ2) is 10.9. The topological polar surface area (TPSA) is 82.6 Å². The molecule has 0 saturated carbocycles. The number of unbranched alkanes of at least 4 members (excludes halogenated alkanes) is 1. The summed E-state index contributed by atoms with van der Waals surface area (Å²) < 4.78 is 17.0. The molecule has 156 valence electrons. The molecule has 1 saturated heterocycles. The van der Waals surface area contributed by atoms with E-state index < -0.39 is 0 Å². The van der Waals surface area contributed by atoms with Crippen molar-refractivity contribution in [3.05, 3.63) is 34.8 Å². The molecule has 2 aromatic rings. The fourth-order valence-electron chi connectivity index (χ4n) is 2.85. The lowest BCUT2D eigenvalue weighted by Gasteiger charge is -2.12. The van der Waals surface area contributed by atoms with E-state index in [0.29, 0.717) is 24.1 Å². The SMILES string of the molecule is CCCCOc1ccc(/C=C/C(=O)Nc2nnc(C3CCCO3)s2)cc1OCC. The van der Waals surface area contributed by atoms with Crippen LogP contribution in [0.3, 0.4) is 0 Å². The Morgan fingerprint density at radius 1 is 1.31 bits per heavy atom. The summed E-state index contributed by atoms with van der Waals surface area (Å²) in [7, 11) is 0. The van der Waals surface area contributed by atoms with E-state index in [-0.39, 0.29) is 12.0 Å². The average Bonchev–Trinajstić information content (AvgIpc) is 3.40. The lowest BCUT2D eigenvalue weighted by atomic mass is 10.2. The Bertz CT molecular complexity index is 831. The van der Waals surface area contributed by atoms with Crippen molar-refractivity contribution >= 4 is 28.5 Å². The number of benzene rings is 1. The van der Waals surface area contributed by atoms with Crippen molar-refractivity contribution in [3.8, 4) is 11.5 Å². The van der Waals surface area contributed by atoms with Crippen molar-refractivity contribution < 1.29 is 19.0 Å². The summed E-state index contributed by atoms with van der Waals surface area (Å²) in [5.41, 5.74) is 0.851. The van der Waals surface area contributed by atoms with Gasteiger partial charge in [-0.15, -0.1) is 10.2 Å². The molecule has 1 aromatic heterocycles. The van der Waals surface area contributed by atoms with Crippen LogP contribution in [0.4, 0.5) is 5.13 Å². The predicted octanol–water partition coefficient (Wildman–Crippen LogP) is 4.62. The smallest absolute Gasteiger partial charge is 0.250 e. The maximum atomic E-state index is 12.2. The number of ether oxygens (including phenoxy) is 3. The number of amides is 1. The summed E-state index contributed by atoms with van der Waals surface area (Å²) in [5, 5.41) is 12.2. The highest BCUT2D eigenvalue weighted by Gasteiger charge is 2.22. The fraction of sp³-hybridized carbons (Fsp3) is 0.476. The summed E-state index contributed by atoms with van der Waals surface area (Å²) in [5.74, 6) is 1.13. The summed E-state index contributed by atoms with van der Waals surface area (Å²) in [4.78, 5) is 12.2. The Kier molecular flexibility index (Phi) is 8.01. The summed E-state index contributed by atoms with van der Waals surface area (Å²) in [6, 6.07) is 5.64. The molecule has 3 rings (SSSR count). The largest absolute Gasteiger partial charge is 0.490 e. The van der Waals surface area contributed by atoms with Crippen LogP contribution < -0.4 is 14.8 Å². The molecule has 1 unspecified atom stereocenters. The molecule has 0 aliphatic carbocycles. The van der Waals surface area contributed by atoms with E-state index in [4.69, 9.17) is 14.2 Å². The van der Waals surface area contributed by atoms with Gasteiger partial charge in [-0.05, 0) is 50.0 Å². The number of carbonyl (C=O) groups excluding carboxylic acids is 1. The predicted molar refractivity (Wildman–Crippen MR) is 114 cm³/mol. The number of hydrogen-bond donors (Lipinski definition) is 1. The molecule has 1 aromatic carbocycles. The molecule has 0 radical (unpaired) electrons. The van der Waals surface area contributed by atoms with Crippen LogP contribution >= 0.6 is 11.3 Å². The second-order valence-corrected chi connectivity index (χ2v) is 7.62. The third-order valence-corrected chi connectivity index (χ3v) is 5.26. The minimum Gasteiger partial charge on any atom is -0.490 e. The van der Waals surface area contributed by atoms with Crippen LogP contribution in [0.15, 0.2) is 24.3 Å². The molecule has 7 nitrogen and oxygen atoms in total. The zero-order chi connectivity index (χ0) is 20.5. The van der Waals surface area contributed by atoms with E-state index in [1.54, 1.807) is 6.08 Å². The quantitative estimate of drug-likeness (QED) is 0.449. The van der Waals surface area contributed by atoms with Crippen LogP contribution in [0.2, 0.25) is 0 Å². The van der Waals surface area contributed by atoms with Gasteiger partial charge in [-0.1, -0.05) is 30.7 Å². The molecule has 0 bridgehead atoms. The standard InChI is InChI=1S/C21H27N3O4S/c1-3-5-12-27-16-10-8-15(14-18(16)26-4-2)9-11-19(25)22-21-24-23-20(29-21)17-7-6-13-28-17/h8-11,14,17H,3-7,12-13H2,1-2H3,(H,22,24,25)/b11-9+. The molecule has 0 spiro atoms. The number of hydrogen-bond acceptors (Lipinski definition) is 7. The Balaban J connectivity index is 1.59. The number of carbonyl (C=O) groups is 1. The summed E-state index contributed by atoms with van der Waals surface area (Å²) in [6.07, 6.45) is 7.25. The third kappa shape index (κ3) is 6.27. The fourth-order valence-corrected chi connectivity index (χ4v) is 3.68.